The number of benzene rings is 1. The Balaban J connectivity index is 2.93. The van der Waals surface area contributed by atoms with Gasteiger partial charge in [-0.2, -0.15) is 4.99 Å². The van der Waals surface area contributed by atoms with Gasteiger partial charge in [0.15, 0.2) is 6.23 Å². The van der Waals surface area contributed by atoms with Crippen molar-refractivity contribution in [2.75, 3.05) is 6.61 Å². The highest BCUT2D eigenvalue weighted by Crippen LogP contribution is 2.21. The lowest BCUT2D eigenvalue weighted by Crippen LogP contribution is -2.01. The zero-order valence-corrected chi connectivity index (χ0v) is 9.44. The number of ether oxygens (including phenoxy) is 1. The first-order chi connectivity index (χ1) is 7.69. The zero-order chi connectivity index (χ0) is 12.0. The van der Waals surface area contributed by atoms with E-state index in [0.29, 0.717) is 12.2 Å². The molecule has 0 spiro atoms. The van der Waals surface area contributed by atoms with E-state index >= 15 is 0 Å². The van der Waals surface area contributed by atoms with Crippen molar-refractivity contribution in [2.45, 2.75) is 13.2 Å². The van der Waals surface area contributed by atoms with Crippen molar-refractivity contribution in [3.05, 3.63) is 39.9 Å². The van der Waals surface area contributed by atoms with Gasteiger partial charge >= 0.3 is 0 Å². The average molecular weight is 238 g/mol. The summed E-state index contributed by atoms with van der Waals surface area (Å²) in [5.41, 5.74) is 0.745. The standard InChI is InChI=1S/C10H10N2O3S/c1-2-15-10(11-7-16)8-3-5-9(6-4-8)12(13)14/h3-6,10H,2H2,1H3. The van der Waals surface area contributed by atoms with E-state index in [0.717, 1.165) is 0 Å². The quantitative estimate of drug-likeness (QED) is 0.342. The summed E-state index contributed by atoms with van der Waals surface area (Å²) in [5.74, 6) is 0. The Morgan fingerprint density at radius 1 is 1.56 bits per heavy atom. The lowest BCUT2D eigenvalue weighted by molar-refractivity contribution is -0.384. The van der Waals surface area contributed by atoms with Gasteiger partial charge in [-0.25, -0.2) is 0 Å². The molecule has 0 aliphatic rings. The third-order valence-electron chi connectivity index (χ3n) is 1.88. The van der Waals surface area contributed by atoms with Crippen LogP contribution in [0, 0.1) is 10.1 Å². The Morgan fingerprint density at radius 3 is 2.62 bits per heavy atom. The zero-order valence-electron chi connectivity index (χ0n) is 8.62. The van der Waals surface area contributed by atoms with Crippen LogP contribution in [0.15, 0.2) is 29.3 Å². The molecule has 16 heavy (non-hydrogen) atoms. The van der Waals surface area contributed by atoms with E-state index in [9.17, 15) is 10.1 Å². The summed E-state index contributed by atoms with van der Waals surface area (Å²) in [5, 5.41) is 12.7. The predicted octanol–water partition coefficient (Wildman–Crippen LogP) is 2.73. The van der Waals surface area contributed by atoms with E-state index < -0.39 is 11.2 Å². The van der Waals surface area contributed by atoms with Gasteiger partial charge in [0.1, 0.15) is 0 Å². The number of nitro groups is 1. The molecule has 1 aromatic carbocycles. The number of rotatable bonds is 5. The molecular formula is C10H10N2O3S. The van der Waals surface area contributed by atoms with Crippen molar-refractivity contribution in [3.63, 3.8) is 0 Å². The smallest absolute Gasteiger partial charge is 0.269 e. The summed E-state index contributed by atoms with van der Waals surface area (Å²) < 4.78 is 5.30. The number of aliphatic imine (C=N–C) groups is 1. The topological polar surface area (TPSA) is 64.7 Å². The fourth-order valence-corrected chi connectivity index (χ4v) is 1.27. The van der Waals surface area contributed by atoms with Crippen LogP contribution >= 0.6 is 12.2 Å². The van der Waals surface area contributed by atoms with E-state index in [1.165, 1.54) is 12.1 Å². The summed E-state index contributed by atoms with van der Waals surface area (Å²) in [7, 11) is 0. The van der Waals surface area contributed by atoms with E-state index in [1.54, 1.807) is 12.1 Å². The van der Waals surface area contributed by atoms with Gasteiger partial charge in [0.05, 0.1) is 10.1 Å². The van der Waals surface area contributed by atoms with Crippen LogP contribution in [0.2, 0.25) is 0 Å². The molecule has 1 rings (SSSR count). The number of thiocarbonyl (C=S) groups is 1. The maximum absolute atomic E-state index is 10.5. The van der Waals surface area contributed by atoms with E-state index in [4.69, 9.17) is 4.74 Å². The second-order valence-electron chi connectivity index (χ2n) is 2.88. The van der Waals surface area contributed by atoms with Crippen molar-refractivity contribution < 1.29 is 9.66 Å². The number of hydrogen-bond acceptors (Lipinski definition) is 5. The van der Waals surface area contributed by atoms with E-state index in [1.807, 2.05) is 6.92 Å². The molecule has 1 atom stereocenters. The summed E-state index contributed by atoms with van der Waals surface area (Å²) in [6, 6.07) is 5.99. The normalized spacial score (nSPS) is 11.6. The van der Waals surface area contributed by atoms with Crippen LogP contribution in [-0.4, -0.2) is 16.7 Å². The number of non-ortho nitro benzene ring substituents is 1. The van der Waals surface area contributed by atoms with Crippen LogP contribution in [0.25, 0.3) is 0 Å². The molecule has 0 radical (unpaired) electrons. The highest BCUT2D eigenvalue weighted by Gasteiger charge is 2.11. The van der Waals surface area contributed by atoms with Crippen molar-refractivity contribution in [1.82, 2.24) is 0 Å². The van der Waals surface area contributed by atoms with Crippen LogP contribution in [0.4, 0.5) is 5.69 Å². The van der Waals surface area contributed by atoms with Crippen LogP contribution in [0.5, 0.6) is 0 Å². The monoisotopic (exact) mass is 238 g/mol. The second kappa shape index (κ2) is 6.07. The van der Waals surface area contributed by atoms with Gasteiger partial charge in [-0.3, -0.25) is 10.1 Å². The highest BCUT2D eigenvalue weighted by atomic mass is 32.1. The molecule has 0 aromatic heterocycles. The largest absolute Gasteiger partial charge is 0.352 e. The molecule has 0 saturated heterocycles. The fourth-order valence-electron chi connectivity index (χ4n) is 1.17. The summed E-state index contributed by atoms with van der Waals surface area (Å²) >= 11 is 4.50. The number of isothiocyanates is 1. The summed E-state index contributed by atoms with van der Waals surface area (Å²) in [6.45, 7) is 2.31. The lowest BCUT2D eigenvalue weighted by Gasteiger charge is -2.10. The van der Waals surface area contributed by atoms with Crippen molar-refractivity contribution in [2.24, 2.45) is 4.99 Å². The number of nitro benzene ring substituents is 1. The first kappa shape index (κ1) is 12.4. The molecule has 0 fully saturated rings. The van der Waals surface area contributed by atoms with Crippen LogP contribution in [0.1, 0.15) is 18.7 Å². The average Bonchev–Trinajstić information content (AvgIpc) is 2.29. The van der Waals surface area contributed by atoms with E-state index in [-0.39, 0.29) is 5.69 Å². The Hall–Kier alpha value is -1.62. The third kappa shape index (κ3) is 3.20. The molecule has 0 aliphatic heterocycles. The summed E-state index contributed by atoms with van der Waals surface area (Å²) in [6.07, 6.45) is -0.539. The van der Waals surface area contributed by atoms with Gasteiger partial charge in [0.25, 0.3) is 5.69 Å². The fraction of sp³-hybridized carbons (Fsp3) is 0.300. The van der Waals surface area contributed by atoms with Gasteiger partial charge in [-0.05, 0) is 31.3 Å². The SMILES string of the molecule is CCOC(N=C=S)c1ccc([N+](=O)[O-])cc1. The maximum atomic E-state index is 10.5. The maximum Gasteiger partial charge on any atom is 0.269 e. The third-order valence-corrected chi connectivity index (χ3v) is 1.99. The van der Waals surface area contributed by atoms with Crippen molar-refractivity contribution in [1.29, 1.82) is 0 Å². The highest BCUT2D eigenvalue weighted by molar-refractivity contribution is 7.78. The van der Waals surface area contributed by atoms with Gasteiger partial charge in [0, 0.05) is 24.3 Å². The van der Waals surface area contributed by atoms with Crippen LogP contribution < -0.4 is 0 Å². The molecule has 0 heterocycles. The minimum Gasteiger partial charge on any atom is -0.352 e. The Labute approximate surface area is 97.9 Å². The Kier molecular flexibility index (Phi) is 4.72. The lowest BCUT2D eigenvalue weighted by atomic mass is 10.2. The molecule has 1 aromatic rings. The van der Waals surface area contributed by atoms with Gasteiger partial charge in [0.2, 0.25) is 0 Å². The minimum atomic E-state index is -0.539. The van der Waals surface area contributed by atoms with Crippen molar-refractivity contribution in [3.8, 4) is 0 Å². The number of nitrogens with zero attached hydrogens (tertiary/aromatic N) is 2. The predicted molar refractivity (Wildman–Crippen MR) is 62.5 cm³/mol. The molecular weight excluding hydrogens is 228 g/mol. The summed E-state index contributed by atoms with van der Waals surface area (Å²) in [4.78, 5) is 13.8. The second-order valence-corrected chi connectivity index (χ2v) is 3.06. The van der Waals surface area contributed by atoms with Gasteiger partial charge in [-0.1, -0.05) is 0 Å². The molecule has 0 N–H and O–H groups in total. The molecule has 0 bridgehead atoms. The van der Waals surface area contributed by atoms with Gasteiger partial charge in [-0.15, -0.1) is 0 Å². The Morgan fingerprint density at radius 2 is 2.19 bits per heavy atom. The van der Waals surface area contributed by atoms with Crippen LogP contribution in [-0.2, 0) is 4.74 Å². The first-order valence-electron chi connectivity index (χ1n) is 4.62. The molecule has 6 heteroatoms. The Bertz CT molecular complexity index is 413. The molecule has 0 amide bonds. The van der Waals surface area contributed by atoms with E-state index in [2.05, 4.69) is 22.4 Å². The molecule has 84 valence electrons. The molecule has 1 unspecified atom stereocenters. The number of hydrogen-bond donors (Lipinski definition) is 0. The minimum absolute atomic E-state index is 0.0327. The molecule has 0 saturated carbocycles. The molecule has 0 aliphatic carbocycles. The van der Waals surface area contributed by atoms with Crippen LogP contribution in [0.3, 0.4) is 0 Å². The van der Waals surface area contributed by atoms with Crippen molar-refractivity contribution >= 4 is 23.1 Å². The molecule has 5 nitrogen and oxygen atoms in total. The first-order valence-corrected chi connectivity index (χ1v) is 5.02. The van der Waals surface area contributed by atoms with Gasteiger partial charge < -0.3 is 4.74 Å².